The highest BCUT2D eigenvalue weighted by atomic mass is 32.2. The lowest BCUT2D eigenvalue weighted by molar-refractivity contribution is -0.146. The van der Waals surface area contributed by atoms with Gasteiger partial charge in [0.15, 0.2) is 0 Å². The van der Waals surface area contributed by atoms with Crippen LogP contribution < -0.4 is 11.1 Å². The largest absolute Gasteiger partial charge is 0.375 e. The normalized spacial score (nSPS) is 17.4. The summed E-state index contributed by atoms with van der Waals surface area (Å²) in [5, 5.41) is 3.53. The Kier molecular flexibility index (Phi) is 7.91. The first kappa shape index (κ1) is 26.3. The summed E-state index contributed by atoms with van der Waals surface area (Å²) in [5.74, 6) is -1.90. The van der Waals surface area contributed by atoms with Gasteiger partial charge in [-0.05, 0) is 23.8 Å². The van der Waals surface area contributed by atoms with Gasteiger partial charge >= 0.3 is 0 Å². The number of ether oxygens (including phenoxy) is 1. The Morgan fingerprint density at radius 2 is 1.81 bits per heavy atom. The van der Waals surface area contributed by atoms with Crippen molar-refractivity contribution in [1.82, 2.24) is 19.5 Å². The molecule has 0 unspecified atom stereocenters. The number of nitrogens with zero attached hydrogens (tertiary/aromatic N) is 2. The van der Waals surface area contributed by atoms with E-state index in [4.69, 9.17) is 10.5 Å². The number of methoxy groups -OCH3 is 1. The van der Waals surface area contributed by atoms with Crippen LogP contribution in [-0.4, -0.2) is 85.8 Å². The van der Waals surface area contributed by atoms with Crippen LogP contribution in [0.1, 0.15) is 5.56 Å². The molecular weight excluding hydrogens is 498 g/mol. The highest BCUT2D eigenvalue weighted by Gasteiger charge is 2.40. The lowest BCUT2D eigenvalue weighted by Gasteiger charge is -2.40. The molecular formula is C25H29N5O6S. The number of amides is 3. The third-order valence-corrected chi connectivity index (χ3v) is 8.25. The number of primary amides is 1. The van der Waals surface area contributed by atoms with E-state index in [-0.39, 0.29) is 37.6 Å². The van der Waals surface area contributed by atoms with Gasteiger partial charge in [0, 0.05) is 50.3 Å². The number of benzene rings is 2. The summed E-state index contributed by atoms with van der Waals surface area (Å²) in [4.78, 5) is 42.9. The Labute approximate surface area is 214 Å². The molecule has 3 aromatic rings. The minimum absolute atomic E-state index is 0.00501. The topological polar surface area (TPSA) is 155 Å². The van der Waals surface area contributed by atoms with Crippen LogP contribution in [0.25, 0.3) is 10.9 Å². The summed E-state index contributed by atoms with van der Waals surface area (Å²) in [6, 6.07) is 13.1. The van der Waals surface area contributed by atoms with Crippen molar-refractivity contribution in [3.05, 3.63) is 66.4 Å². The van der Waals surface area contributed by atoms with Gasteiger partial charge in [-0.2, -0.15) is 4.31 Å². The predicted octanol–water partition coefficient (Wildman–Crippen LogP) is 0.229. The van der Waals surface area contributed by atoms with E-state index in [1.807, 2.05) is 24.3 Å². The zero-order valence-corrected chi connectivity index (χ0v) is 21.1. The van der Waals surface area contributed by atoms with Gasteiger partial charge in [0.1, 0.15) is 18.7 Å². The van der Waals surface area contributed by atoms with Gasteiger partial charge < -0.3 is 25.7 Å². The van der Waals surface area contributed by atoms with Crippen LogP contribution >= 0.6 is 0 Å². The Balaban J connectivity index is 1.57. The maximum Gasteiger partial charge on any atom is 0.249 e. The number of aromatic nitrogens is 1. The van der Waals surface area contributed by atoms with Crippen LogP contribution in [0.4, 0.5) is 0 Å². The fraction of sp³-hybridized carbons (Fsp3) is 0.320. The molecule has 1 aliphatic heterocycles. The minimum atomic E-state index is -3.91. The molecule has 1 aliphatic rings. The summed E-state index contributed by atoms with van der Waals surface area (Å²) < 4.78 is 32.5. The smallest absolute Gasteiger partial charge is 0.249 e. The first-order valence-corrected chi connectivity index (χ1v) is 13.1. The van der Waals surface area contributed by atoms with E-state index in [2.05, 4.69) is 10.3 Å². The van der Waals surface area contributed by atoms with Crippen molar-refractivity contribution in [1.29, 1.82) is 0 Å². The molecule has 0 spiro atoms. The maximum absolute atomic E-state index is 13.5. The number of nitrogens with two attached hydrogens (primary N) is 1. The van der Waals surface area contributed by atoms with E-state index in [9.17, 15) is 22.8 Å². The van der Waals surface area contributed by atoms with Crippen LogP contribution in [0, 0.1) is 0 Å². The Bertz CT molecular complexity index is 1390. The van der Waals surface area contributed by atoms with Crippen molar-refractivity contribution in [3.8, 4) is 0 Å². The van der Waals surface area contributed by atoms with Gasteiger partial charge in [0.05, 0.1) is 4.90 Å². The van der Waals surface area contributed by atoms with E-state index >= 15 is 0 Å². The molecule has 2 heterocycles. The number of carbonyl (C=O) groups is 3. The first-order valence-electron chi connectivity index (χ1n) is 11.7. The highest BCUT2D eigenvalue weighted by Crippen LogP contribution is 2.22. The van der Waals surface area contributed by atoms with Gasteiger partial charge in [-0.25, -0.2) is 8.42 Å². The zero-order valence-electron chi connectivity index (χ0n) is 20.3. The lowest BCUT2D eigenvalue weighted by Crippen LogP contribution is -2.63. The van der Waals surface area contributed by atoms with Crippen molar-refractivity contribution < 1.29 is 27.5 Å². The van der Waals surface area contributed by atoms with E-state index in [1.165, 1.54) is 28.4 Å². The number of hydrogen-bond donors (Lipinski definition) is 3. The van der Waals surface area contributed by atoms with E-state index in [1.54, 1.807) is 24.4 Å². The number of aromatic amines is 1. The minimum Gasteiger partial charge on any atom is -0.375 e. The van der Waals surface area contributed by atoms with E-state index in [0.717, 1.165) is 16.5 Å². The van der Waals surface area contributed by atoms with Crippen LogP contribution in [0.3, 0.4) is 0 Å². The van der Waals surface area contributed by atoms with Crippen LogP contribution in [0.15, 0.2) is 65.7 Å². The standard InChI is InChI=1S/C25H29N5O6S/c1-36-16-23(31)30-12-11-29(37(34,35)18-7-3-2-4-8-18)15-22(30)25(33)28-21(24(26)32)13-17-14-27-20-10-6-5-9-19(17)20/h2-10,14,21-22,27H,11-13,15-16H2,1H3,(H2,26,32)(H,28,33)/t21-,22+/m1/s1. The molecule has 1 fully saturated rings. The molecule has 1 aromatic heterocycles. The molecule has 1 saturated heterocycles. The second kappa shape index (κ2) is 11.1. The summed E-state index contributed by atoms with van der Waals surface area (Å²) in [7, 11) is -2.56. The van der Waals surface area contributed by atoms with Crippen molar-refractivity contribution in [2.45, 2.75) is 23.4 Å². The van der Waals surface area contributed by atoms with Gasteiger partial charge in [-0.15, -0.1) is 0 Å². The van der Waals surface area contributed by atoms with Crippen molar-refractivity contribution in [2.75, 3.05) is 33.4 Å². The van der Waals surface area contributed by atoms with Gasteiger partial charge in [-0.1, -0.05) is 36.4 Å². The molecule has 2 atom stereocenters. The van der Waals surface area contributed by atoms with Gasteiger partial charge in [0.2, 0.25) is 27.7 Å². The number of piperazine rings is 1. The molecule has 4 N–H and O–H groups in total. The molecule has 0 bridgehead atoms. The predicted molar refractivity (Wildman–Crippen MR) is 136 cm³/mol. The maximum atomic E-state index is 13.5. The molecule has 11 nitrogen and oxygen atoms in total. The fourth-order valence-corrected chi connectivity index (χ4v) is 5.92. The monoisotopic (exact) mass is 527 g/mol. The number of fused-ring (bicyclic) bond motifs is 1. The Morgan fingerprint density at radius 1 is 1.11 bits per heavy atom. The van der Waals surface area contributed by atoms with E-state index in [0.29, 0.717) is 0 Å². The number of carbonyl (C=O) groups excluding carboxylic acids is 3. The number of sulfonamides is 1. The van der Waals surface area contributed by atoms with E-state index < -0.39 is 39.8 Å². The summed E-state index contributed by atoms with van der Waals surface area (Å²) in [6.07, 6.45) is 1.87. The zero-order chi connectivity index (χ0) is 26.6. The second-order valence-electron chi connectivity index (χ2n) is 8.74. The molecule has 2 aromatic carbocycles. The highest BCUT2D eigenvalue weighted by molar-refractivity contribution is 7.89. The van der Waals surface area contributed by atoms with Crippen molar-refractivity contribution >= 4 is 38.6 Å². The van der Waals surface area contributed by atoms with Crippen LogP contribution in [0.5, 0.6) is 0 Å². The molecule has 4 rings (SSSR count). The molecule has 37 heavy (non-hydrogen) atoms. The summed E-state index contributed by atoms with van der Waals surface area (Å²) in [5.41, 5.74) is 7.27. The lowest BCUT2D eigenvalue weighted by atomic mass is 10.0. The molecule has 12 heteroatoms. The average Bonchev–Trinajstić information content (AvgIpc) is 3.31. The number of rotatable bonds is 9. The van der Waals surface area contributed by atoms with Crippen LogP contribution in [-0.2, 0) is 35.6 Å². The molecule has 0 aliphatic carbocycles. The SMILES string of the molecule is COCC(=O)N1CCN(S(=O)(=O)c2ccccc2)C[C@H]1C(=O)N[C@H](Cc1c[nH]c2ccccc12)C(N)=O. The van der Waals surface area contributed by atoms with Gasteiger partial charge in [-0.3, -0.25) is 14.4 Å². The number of nitrogens with one attached hydrogen (secondary N) is 2. The molecule has 0 saturated carbocycles. The third-order valence-electron chi connectivity index (χ3n) is 6.37. The quantitative estimate of drug-likeness (QED) is 0.362. The first-order chi connectivity index (χ1) is 17.7. The van der Waals surface area contributed by atoms with Crippen LogP contribution in [0.2, 0.25) is 0 Å². The van der Waals surface area contributed by atoms with Crippen molar-refractivity contribution in [2.24, 2.45) is 5.73 Å². The third kappa shape index (κ3) is 5.66. The fourth-order valence-electron chi connectivity index (χ4n) is 4.46. The van der Waals surface area contributed by atoms with Gasteiger partial charge in [0.25, 0.3) is 0 Å². The molecule has 3 amide bonds. The van der Waals surface area contributed by atoms with Crippen molar-refractivity contribution in [3.63, 3.8) is 0 Å². The molecule has 196 valence electrons. The summed E-state index contributed by atoms with van der Waals surface area (Å²) in [6.45, 7) is -0.567. The number of hydrogen-bond acceptors (Lipinski definition) is 6. The summed E-state index contributed by atoms with van der Waals surface area (Å²) >= 11 is 0. The molecule has 0 radical (unpaired) electrons. The Hall–Kier alpha value is -3.74. The average molecular weight is 528 g/mol. The number of H-pyrrole nitrogens is 1. The second-order valence-corrected chi connectivity index (χ2v) is 10.7. The Morgan fingerprint density at radius 3 is 2.51 bits per heavy atom. The number of para-hydroxylation sites is 1.